The summed E-state index contributed by atoms with van der Waals surface area (Å²) < 4.78 is 9.08. The summed E-state index contributed by atoms with van der Waals surface area (Å²) in [6.45, 7) is 4.69. The minimum atomic E-state index is -0.105. The molecule has 228 valence electrons. The van der Waals surface area contributed by atoms with Crippen molar-refractivity contribution in [2.75, 3.05) is 4.90 Å². The third kappa shape index (κ3) is 4.03. The van der Waals surface area contributed by atoms with Gasteiger partial charge in [0, 0.05) is 53.6 Å². The van der Waals surface area contributed by atoms with Gasteiger partial charge in [-0.3, -0.25) is 0 Å². The maximum absolute atomic E-state index is 6.50. The first-order valence-corrected chi connectivity index (χ1v) is 17.2. The molecule has 1 aliphatic rings. The van der Waals surface area contributed by atoms with Crippen molar-refractivity contribution < 1.29 is 4.42 Å². The molecule has 9 aromatic rings. The quantitative estimate of drug-likeness (QED) is 0.193. The summed E-state index contributed by atoms with van der Waals surface area (Å²) in [4.78, 5) is 7.27. The number of nitrogens with zero attached hydrogens (tertiary/aromatic N) is 2. The molecule has 2 heterocycles. The monoisotopic (exact) mass is 634 g/mol. The normalized spacial score (nSPS) is 13.4. The van der Waals surface area contributed by atoms with E-state index in [4.69, 9.17) is 9.40 Å². The van der Waals surface area contributed by atoms with Crippen LogP contribution in [0.4, 0.5) is 17.1 Å². The summed E-state index contributed by atoms with van der Waals surface area (Å²) in [6, 6.07) is 52.4. The van der Waals surface area contributed by atoms with E-state index in [1.807, 2.05) is 41.7 Å². The Balaban J connectivity index is 1.19. The predicted molar refractivity (Wildman–Crippen MR) is 202 cm³/mol. The fourth-order valence-electron chi connectivity index (χ4n) is 7.67. The van der Waals surface area contributed by atoms with E-state index >= 15 is 0 Å². The van der Waals surface area contributed by atoms with Crippen LogP contribution in [-0.2, 0) is 5.41 Å². The third-order valence-corrected chi connectivity index (χ3v) is 11.2. The topological polar surface area (TPSA) is 29.3 Å². The van der Waals surface area contributed by atoms with Crippen LogP contribution >= 0.6 is 11.3 Å². The zero-order chi connectivity index (χ0) is 32.0. The second-order valence-corrected chi connectivity index (χ2v) is 14.3. The Labute approximate surface area is 282 Å². The number of thiophene rings is 1. The maximum Gasteiger partial charge on any atom is 0.227 e. The zero-order valence-corrected chi connectivity index (χ0v) is 27.4. The molecule has 3 nitrogen and oxygen atoms in total. The lowest BCUT2D eigenvalue weighted by atomic mass is 9.82. The maximum atomic E-state index is 6.50. The van der Waals surface area contributed by atoms with E-state index in [9.17, 15) is 0 Å². The molecule has 0 saturated heterocycles. The molecule has 0 N–H and O–H groups in total. The number of hydrogen-bond acceptors (Lipinski definition) is 4. The van der Waals surface area contributed by atoms with Crippen LogP contribution in [-0.4, -0.2) is 4.98 Å². The molecular formula is C44H30N2OS. The SMILES string of the molecule is CC1(C)c2ccccc2-c2ccc(N(c3ccc4c(c3)sc3ccccc34)c3ccc4ccc5nc(-c6ccccc6)oc5c4c3)cc21. The largest absolute Gasteiger partial charge is 0.435 e. The molecule has 0 atom stereocenters. The van der Waals surface area contributed by atoms with Crippen LogP contribution in [0.15, 0.2) is 150 Å². The molecule has 0 unspecified atom stereocenters. The number of anilines is 3. The van der Waals surface area contributed by atoms with Crippen molar-refractivity contribution in [3.05, 3.63) is 157 Å². The average molecular weight is 635 g/mol. The molecule has 4 heteroatoms. The molecule has 10 rings (SSSR count). The second-order valence-electron chi connectivity index (χ2n) is 13.2. The molecule has 0 amide bonds. The van der Waals surface area contributed by atoms with Gasteiger partial charge in [0.2, 0.25) is 5.89 Å². The highest BCUT2D eigenvalue weighted by Gasteiger charge is 2.35. The van der Waals surface area contributed by atoms with Crippen LogP contribution in [0.25, 0.3) is 64.6 Å². The van der Waals surface area contributed by atoms with Gasteiger partial charge in [0.05, 0.1) is 0 Å². The van der Waals surface area contributed by atoms with Crippen LogP contribution in [0.5, 0.6) is 0 Å². The van der Waals surface area contributed by atoms with Crippen LogP contribution < -0.4 is 4.90 Å². The number of benzene rings is 7. The predicted octanol–water partition coefficient (Wildman–Crippen LogP) is 12.8. The van der Waals surface area contributed by atoms with Gasteiger partial charge in [-0.05, 0) is 88.3 Å². The van der Waals surface area contributed by atoms with E-state index in [2.05, 4.69) is 134 Å². The standard InChI is InChI=1S/C44H30N2OS/c1-44(2)37-14-8-6-12-32(37)33-21-19-30(25-38(33)44)46(31-20-22-35-34-13-7-9-15-40(34)48-41(35)26-31)29-18-16-27-17-23-39-42(36(27)24-29)47-43(45-39)28-10-4-3-5-11-28/h3-26H,1-2H3. The van der Waals surface area contributed by atoms with E-state index < -0.39 is 0 Å². The number of aromatic nitrogens is 1. The van der Waals surface area contributed by atoms with Gasteiger partial charge < -0.3 is 9.32 Å². The highest BCUT2D eigenvalue weighted by molar-refractivity contribution is 7.25. The summed E-state index contributed by atoms with van der Waals surface area (Å²) in [5.74, 6) is 0.635. The molecule has 0 aliphatic heterocycles. The van der Waals surface area contributed by atoms with Gasteiger partial charge in [-0.25, -0.2) is 4.98 Å². The number of hydrogen-bond donors (Lipinski definition) is 0. The van der Waals surface area contributed by atoms with Crippen LogP contribution in [0.1, 0.15) is 25.0 Å². The highest BCUT2D eigenvalue weighted by Crippen LogP contribution is 2.51. The minimum Gasteiger partial charge on any atom is -0.435 e. The van der Waals surface area contributed by atoms with Crippen molar-refractivity contribution in [2.24, 2.45) is 0 Å². The molecule has 0 bridgehead atoms. The minimum absolute atomic E-state index is 0.105. The Morgan fingerprint density at radius 3 is 2.17 bits per heavy atom. The van der Waals surface area contributed by atoms with Crippen molar-refractivity contribution in [1.29, 1.82) is 0 Å². The molecule has 2 aromatic heterocycles. The smallest absolute Gasteiger partial charge is 0.227 e. The molecule has 1 aliphatic carbocycles. The molecule has 0 saturated carbocycles. The molecule has 7 aromatic carbocycles. The first kappa shape index (κ1) is 27.4. The number of rotatable bonds is 4. The summed E-state index contributed by atoms with van der Waals surface area (Å²) >= 11 is 1.85. The van der Waals surface area contributed by atoms with Crippen molar-refractivity contribution in [3.63, 3.8) is 0 Å². The Morgan fingerprint density at radius 2 is 1.25 bits per heavy atom. The Hall–Kier alpha value is -5.71. The Morgan fingerprint density at radius 1 is 0.562 bits per heavy atom. The molecule has 0 radical (unpaired) electrons. The fourth-order valence-corrected chi connectivity index (χ4v) is 8.81. The van der Waals surface area contributed by atoms with E-state index in [1.165, 1.54) is 42.4 Å². The van der Waals surface area contributed by atoms with E-state index in [-0.39, 0.29) is 5.41 Å². The molecule has 0 spiro atoms. The lowest BCUT2D eigenvalue weighted by Gasteiger charge is -2.28. The molecular weight excluding hydrogens is 605 g/mol. The van der Waals surface area contributed by atoms with Crippen LogP contribution in [0, 0.1) is 0 Å². The van der Waals surface area contributed by atoms with Gasteiger partial charge in [0.25, 0.3) is 0 Å². The number of oxazole rings is 1. The summed E-state index contributed by atoms with van der Waals surface area (Å²) in [7, 11) is 0. The first-order chi connectivity index (χ1) is 23.5. The van der Waals surface area contributed by atoms with Gasteiger partial charge in [0.15, 0.2) is 5.58 Å². The first-order valence-electron chi connectivity index (χ1n) is 16.4. The van der Waals surface area contributed by atoms with Crippen molar-refractivity contribution in [2.45, 2.75) is 19.3 Å². The van der Waals surface area contributed by atoms with Crippen molar-refractivity contribution in [1.82, 2.24) is 4.98 Å². The summed E-state index contributed by atoms with van der Waals surface area (Å²) in [6.07, 6.45) is 0. The molecule has 0 fully saturated rings. The summed E-state index contributed by atoms with van der Waals surface area (Å²) in [5, 5.41) is 4.76. The lowest BCUT2D eigenvalue weighted by molar-refractivity contribution is 0.623. The zero-order valence-electron chi connectivity index (χ0n) is 26.6. The molecule has 48 heavy (non-hydrogen) atoms. The van der Waals surface area contributed by atoms with E-state index in [0.29, 0.717) is 5.89 Å². The fraction of sp³-hybridized carbons (Fsp3) is 0.0682. The average Bonchev–Trinajstić information content (AvgIpc) is 3.80. The van der Waals surface area contributed by atoms with Crippen molar-refractivity contribution in [3.8, 4) is 22.6 Å². The van der Waals surface area contributed by atoms with Crippen molar-refractivity contribution >= 4 is 70.4 Å². The lowest BCUT2D eigenvalue weighted by Crippen LogP contribution is -2.16. The van der Waals surface area contributed by atoms with E-state index in [0.717, 1.165) is 44.5 Å². The van der Waals surface area contributed by atoms with Gasteiger partial charge in [-0.15, -0.1) is 11.3 Å². The highest BCUT2D eigenvalue weighted by atomic mass is 32.1. The summed E-state index contributed by atoms with van der Waals surface area (Å²) in [5.41, 5.74) is 11.2. The third-order valence-electron chi connectivity index (χ3n) is 10.1. The van der Waals surface area contributed by atoms with Crippen LogP contribution in [0.3, 0.4) is 0 Å². The van der Waals surface area contributed by atoms with Gasteiger partial charge >= 0.3 is 0 Å². The van der Waals surface area contributed by atoms with Gasteiger partial charge in [0.1, 0.15) is 5.52 Å². The second kappa shape index (κ2) is 10.1. The Kier molecular flexibility index (Phi) is 5.79. The van der Waals surface area contributed by atoms with Gasteiger partial charge in [-0.1, -0.05) is 98.8 Å². The van der Waals surface area contributed by atoms with E-state index in [1.54, 1.807) is 0 Å². The number of fused-ring (bicyclic) bond motifs is 9. The van der Waals surface area contributed by atoms with Gasteiger partial charge in [-0.2, -0.15) is 0 Å². The Bertz CT molecular complexity index is 2720. The van der Waals surface area contributed by atoms with Crippen LogP contribution in [0.2, 0.25) is 0 Å².